The van der Waals surface area contributed by atoms with E-state index in [1.807, 2.05) is 13.8 Å². The van der Waals surface area contributed by atoms with Crippen LogP contribution in [-0.2, 0) is 16.1 Å². The predicted octanol–water partition coefficient (Wildman–Crippen LogP) is 3.13. The minimum Gasteiger partial charge on any atom is -0.393 e. The number of hydrogen-bond donors (Lipinski definition) is 2. The number of rotatable bonds is 8. The van der Waals surface area contributed by atoms with E-state index in [0.717, 1.165) is 16.8 Å². The number of carbonyl (C=O) groups excluding carboxylic acids is 1. The summed E-state index contributed by atoms with van der Waals surface area (Å²) in [5.41, 5.74) is 3.78. The fourth-order valence-electron chi connectivity index (χ4n) is 4.20. The number of Topliss-reactive ketones (excluding diaryl/α,β-unsaturated/α-hetero) is 1. The van der Waals surface area contributed by atoms with Crippen molar-refractivity contribution in [3.63, 3.8) is 0 Å². The number of hydroxylamine groups is 1. The monoisotopic (exact) mass is 431 g/mol. The van der Waals surface area contributed by atoms with Crippen molar-refractivity contribution in [3.8, 4) is 11.3 Å². The van der Waals surface area contributed by atoms with Crippen LogP contribution in [0.2, 0.25) is 0 Å². The number of aliphatic hydroxyl groups is 2. The van der Waals surface area contributed by atoms with E-state index >= 15 is 0 Å². The van der Waals surface area contributed by atoms with Gasteiger partial charge in [-0.05, 0) is 43.0 Å². The number of ketones is 1. The molecule has 3 atom stereocenters. The van der Waals surface area contributed by atoms with Gasteiger partial charge in [0.1, 0.15) is 11.6 Å². The lowest BCUT2D eigenvalue weighted by Crippen LogP contribution is -2.30. The first kappa shape index (κ1) is 23.2. The first-order chi connectivity index (χ1) is 14.6. The summed E-state index contributed by atoms with van der Waals surface area (Å²) >= 11 is 0. The molecule has 1 aromatic carbocycles. The third kappa shape index (κ3) is 4.92. The van der Waals surface area contributed by atoms with Crippen molar-refractivity contribution in [1.29, 1.82) is 0 Å². The highest BCUT2D eigenvalue weighted by Crippen LogP contribution is 2.44. The second kappa shape index (κ2) is 9.38. The summed E-state index contributed by atoms with van der Waals surface area (Å²) in [5, 5.41) is 22.6. The highest BCUT2D eigenvalue weighted by atomic mass is 19.1. The number of aliphatic hydroxyl groups excluding tert-OH is 2. The molecule has 0 amide bonds. The van der Waals surface area contributed by atoms with Crippen molar-refractivity contribution in [2.24, 2.45) is 0 Å². The molecule has 3 rings (SSSR count). The molecule has 0 bridgehead atoms. The summed E-state index contributed by atoms with van der Waals surface area (Å²) in [6.45, 7) is 5.46. The normalized spacial score (nSPS) is 17.1. The molecule has 2 aromatic rings. The molecule has 0 saturated heterocycles. The van der Waals surface area contributed by atoms with Crippen LogP contribution in [0, 0.1) is 5.82 Å². The van der Waals surface area contributed by atoms with Gasteiger partial charge in [-0.15, -0.1) is 0 Å². The van der Waals surface area contributed by atoms with Crippen molar-refractivity contribution >= 4 is 11.7 Å². The van der Waals surface area contributed by atoms with Gasteiger partial charge in [0.2, 0.25) is 5.95 Å². The Kier molecular flexibility index (Phi) is 7.03. The fourth-order valence-corrected chi connectivity index (χ4v) is 4.20. The maximum atomic E-state index is 14.2. The van der Waals surface area contributed by atoms with E-state index in [2.05, 4.69) is 9.97 Å². The third-order valence-corrected chi connectivity index (χ3v) is 5.72. The Hall–Kier alpha value is -2.42. The number of hydrogen-bond acceptors (Lipinski definition) is 7. The highest BCUT2D eigenvalue weighted by Gasteiger charge is 2.35. The van der Waals surface area contributed by atoms with Gasteiger partial charge in [0.15, 0.2) is 0 Å². The molecule has 168 valence electrons. The molecule has 0 fully saturated rings. The lowest BCUT2D eigenvalue weighted by Gasteiger charge is -2.33. The van der Waals surface area contributed by atoms with Crippen LogP contribution in [0.1, 0.15) is 62.3 Å². The fraction of sp³-hybridized carbons (Fsp3) is 0.522. The average Bonchev–Trinajstić information content (AvgIpc) is 2.70. The molecule has 1 heterocycles. The van der Waals surface area contributed by atoms with Gasteiger partial charge in [0.05, 0.1) is 30.7 Å². The molecule has 0 radical (unpaired) electrons. The number of benzene rings is 1. The van der Waals surface area contributed by atoms with E-state index in [1.54, 1.807) is 13.1 Å². The summed E-state index contributed by atoms with van der Waals surface area (Å²) in [6, 6.07) is 4.46. The van der Waals surface area contributed by atoms with Crippen LogP contribution >= 0.6 is 0 Å². The molecular weight excluding hydrogens is 401 g/mol. The highest BCUT2D eigenvalue weighted by molar-refractivity contribution is 5.76. The second-order valence-electron chi connectivity index (χ2n) is 8.48. The van der Waals surface area contributed by atoms with Gasteiger partial charge >= 0.3 is 0 Å². The number of aromatic nitrogens is 2. The van der Waals surface area contributed by atoms with Gasteiger partial charge in [-0.1, -0.05) is 13.8 Å². The van der Waals surface area contributed by atoms with Crippen LogP contribution < -0.4 is 5.06 Å². The SMILES string of the molecule is CON(C)c1nc2c(c(C(C)C)n1)C[C@H]([C@@H](O)C[C@@H](O)CC(C)=O)c1cc(F)ccc1-2. The third-order valence-electron chi connectivity index (χ3n) is 5.72. The van der Waals surface area contributed by atoms with E-state index in [9.17, 15) is 19.4 Å². The Labute approximate surface area is 181 Å². The smallest absolute Gasteiger partial charge is 0.250 e. The van der Waals surface area contributed by atoms with Gasteiger partial charge in [-0.3, -0.25) is 9.63 Å². The zero-order chi connectivity index (χ0) is 22.9. The van der Waals surface area contributed by atoms with Crippen molar-refractivity contribution < 1.29 is 24.2 Å². The minimum atomic E-state index is -0.954. The molecular formula is C23H30FN3O4. The quantitative estimate of drug-likeness (QED) is 0.620. The lowest BCUT2D eigenvalue weighted by atomic mass is 9.75. The lowest BCUT2D eigenvalue weighted by molar-refractivity contribution is -0.119. The van der Waals surface area contributed by atoms with Crippen molar-refractivity contribution in [1.82, 2.24) is 9.97 Å². The van der Waals surface area contributed by atoms with E-state index in [-0.39, 0.29) is 24.5 Å². The van der Waals surface area contributed by atoms with Gasteiger partial charge in [0.25, 0.3) is 0 Å². The summed E-state index contributed by atoms with van der Waals surface area (Å²) in [5.74, 6) is -0.520. The second-order valence-corrected chi connectivity index (χ2v) is 8.48. The van der Waals surface area contributed by atoms with E-state index < -0.39 is 23.9 Å². The molecule has 8 heteroatoms. The predicted molar refractivity (Wildman–Crippen MR) is 115 cm³/mol. The molecule has 31 heavy (non-hydrogen) atoms. The summed E-state index contributed by atoms with van der Waals surface area (Å²) in [4.78, 5) is 25.9. The van der Waals surface area contributed by atoms with Gasteiger partial charge in [-0.2, -0.15) is 0 Å². The van der Waals surface area contributed by atoms with Gasteiger partial charge in [0, 0.05) is 36.9 Å². The molecule has 0 saturated carbocycles. The van der Waals surface area contributed by atoms with Crippen molar-refractivity contribution in [3.05, 3.63) is 40.8 Å². The molecule has 7 nitrogen and oxygen atoms in total. The molecule has 1 aromatic heterocycles. The maximum Gasteiger partial charge on any atom is 0.250 e. The first-order valence-electron chi connectivity index (χ1n) is 10.5. The standard InChI is InChI=1S/C23H30FN3O4/c1-12(2)21-19-11-18(20(30)10-15(29)8-13(3)28)17-9-14(24)6-7-16(17)22(19)26-23(25-21)27(4)31-5/h6-7,9,12,15,18,20,29-30H,8,10-11H2,1-5H3/t15-,18-,20-/m0/s1. The largest absolute Gasteiger partial charge is 0.393 e. The molecule has 1 aliphatic rings. The molecule has 0 aliphatic heterocycles. The number of halogens is 1. The first-order valence-corrected chi connectivity index (χ1v) is 10.5. The Morgan fingerprint density at radius 1 is 1.32 bits per heavy atom. The van der Waals surface area contributed by atoms with Crippen LogP contribution in [-0.4, -0.2) is 52.3 Å². The average molecular weight is 432 g/mol. The van der Waals surface area contributed by atoms with Crippen LogP contribution in [0.15, 0.2) is 18.2 Å². The Balaban J connectivity index is 2.10. The van der Waals surface area contributed by atoms with E-state index in [0.29, 0.717) is 23.6 Å². The Bertz CT molecular complexity index is 966. The number of nitrogens with zero attached hydrogens (tertiary/aromatic N) is 3. The molecule has 1 aliphatic carbocycles. The topological polar surface area (TPSA) is 95.8 Å². The van der Waals surface area contributed by atoms with Gasteiger partial charge in [-0.25, -0.2) is 19.4 Å². The van der Waals surface area contributed by atoms with Crippen LogP contribution in [0.3, 0.4) is 0 Å². The molecule has 0 spiro atoms. The Morgan fingerprint density at radius 2 is 2.03 bits per heavy atom. The Morgan fingerprint density at radius 3 is 2.65 bits per heavy atom. The minimum absolute atomic E-state index is 0.0244. The van der Waals surface area contributed by atoms with Crippen molar-refractivity contribution in [2.45, 2.75) is 64.1 Å². The van der Waals surface area contributed by atoms with Gasteiger partial charge < -0.3 is 10.2 Å². The summed E-state index contributed by atoms with van der Waals surface area (Å²) in [6.07, 6.45) is -1.50. The number of fused-ring (bicyclic) bond motifs is 3. The summed E-state index contributed by atoms with van der Waals surface area (Å²) in [7, 11) is 3.24. The van der Waals surface area contributed by atoms with Crippen molar-refractivity contribution in [2.75, 3.05) is 19.2 Å². The van der Waals surface area contributed by atoms with Crippen LogP contribution in [0.5, 0.6) is 0 Å². The zero-order valence-corrected chi connectivity index (χ0v) is 18.6. The molecule has 0 unspecified atom stereocenters. The number of carbonyl (C=O) groups is 1. The van der Waals surface area contributed by atoms with Crippen LogP contribution in [0.25, 0.3) is 11.3 Å². The number of anilines is 1. The molecule has 2 N–H and O–H groups in total. The zero-order valence-electron chi connectivity index (χ0n) is 18.6. The van der Waals surface area contributed by atoms with E-state index in [1.165, 1.54) is 31.2 Å². The summed E-state index contributed by atoms with van der Waals surface area (Å²) < 4.78 is 14.2. The van der Waals surface area contributed by atoms with E-state index in [4.69, 9.17) is 4.84 Å². The van der Waals surface area contributed by atoms with Crippen LogP contribution in [0.4, 0.5) is 10.3 Å². The maximum absolute atomic E-state index is 14.2.